The zero-order valence-corrected chi connectivity index (χ0v) is 20.8. The number of carbonyl (C=O) groups excluding carboxylic acids is 2. The van der Waals surface area contributed by atoms with Gasteiger partial charge in [-0.2, -0.15) is 13.2 Å². The molecule has 3 rings (SSSR count). The van der Waals surface area contributed by atoms with Crippen LogP contribution in [-0.2, 0) is 28.6 Å². The molecule has 0 amide bonds. The predicted molar refractivity (Wildman–Crippen MR) is 135 cm³/mol. The van der Waals surface area contributed by atoms with Crippen LogP contribution in [0.1, 0.15) is 35.1 Å². The van der Waals surface area contributed by atoms with Gasteiger partial charge in [0, 0.05) is 12.8 Å². The number of carbonyl (C=O) groups is 2. The molecule has 0 radical (unpaired) electrons. The van der Waals surface area contributed by atoms with E-state index in [1.165, 1.54) is 44.6 Å². The Morgan fingerprint density at radius 1 is 0.763 bits per heavy atom. The number of Topliss-reactive ketones (excluding diaryl/α,β-unsaturated/α-hetero) is 2. The molecular weight excluding hydrogens is 501 g/mol. The fourth-order valence-corrected chi connectivity index (χ4v) is 3.79. The fourth-order valence-electron chi connectivity index (χ4n) is 3.79. The minimum atomic E-state index is -4.51. The average molecular weight is 529 g/mol. The molecule has 0 fully saturated rings. The van der Waals surface area contributed by atoms with E-state index in [4.69, 9.17) is 9.47 Å². The van der Waals surface area contributed by atoms with E-state index in [0.29, 0.717) is 11.1 Å². The van der Waals surface area contributed by atoms with Gasteiger partial charge in [-0.05, 0) is 72.0 Å². The van der Waals surface area contributed by atoms with Crippen LogP contribution in [0.25, 0.3) is 6.08 Å². The van der Waals surface area contributed by atoms with E-state index in [1.54, 1.807) is 24.3 Å². The number of benzene rings is 3. The van der Waals surface area contributed by atoms with Gasteiger partial charge in [-0.25, -0.2) is 0 Å². The second kappa shape index (κ2) is 12.3. The lowest BCUT2D eigenvalue weighted by molar-refractivity contribution is -0.137. The number of hydrogen-bond acceptors (Lipinski definition) is 6. The van der Waals surface area contributed by atoms with Gasteiger partial charge >= 0.3 is 6.18 Å². The first kappa shape index (κ1) is 28.3. The molecule has 0 atom stereocenters. The van der Waals surface area contributed by atoms with Crippen molar-refractivity contribution >= 4 is 17.6 Å². The summed E-state index contributed by atoms with van der Waals surface area (Å²) < 4.78 is 49.0. The molecule has 0 unspecified atom stereocenters. The summed E-state index contributed by atoms with van der Waals surface area (Å²) in [6.45, 7) is 0. The van der Waals surface area contributed by atoms with Gasteiger partial charge in [-0.15, -0.1) is 0 Å². The van der Waals surface area contributed by atoms with Gasteiger partial charge in [0.2, 0.25) is 0 Å². The number of ketones is 2. The first-order chi connectivity index (χ1) is 18.0. The Labute approximate surface area is 218 Å². The lowest BCUT2D eigenvalue weighted by Crippen LogP contribution is -2.14. The molecule has 200 valence electrons. The maximum Gasteiger partial charge on any atom is 0.416 e. The molecular formula is C29H27F3O6. The van der Waals surface area contributed by atoms with Crippen LogP contribution in [0.3, 0.4) is 0 Å². The molecule has 0 aliphatic heterocycles. The third kappa shape index (κ3) is 7.38. The number of alkyl halides is 3. The van der Waals surface area contributed by atoms with Crippen LogP contribution < -0.4 is 9.47 Å². The van der Waals surface area contributed by atoms with Crippen LogP contribution in [-0.4, -0.2) is 36.0 Å². The standard InChI is InChI=1S/C29H27F3O6/c1-37-27-16-19(7-13-25(27)35)5-11-23(33)22(15-18-3-9-21(10-4-18)29(30,31)32)24(34)12-6-20-8-14-26(36)28(17-20)38-2/h3-4,7-10,13-17,35-36H,5-6,11-12H2,1-2H3. The Morgan fingerprint density at radius 3 is 1.61 bits per heavy atom. The molecule has 3 aromatic carbocycles. The SMILES string of the molecule is COc1cc(CCC(=O)C(=Cc2ccc(C(F)(F)F)cc2)C(=O)CCc2ccc(O)c(OC)c2)ccc1O. The van der Waals surface area contributed by atoms with Gasteiger partial charge in [-0.1, -0.05) is 24.3 Å². The highest BCUT2D eigenvalue weighted by Gasteiger charge is 2.30. The van der Waals surface area contributed by atoms with E-state index < -0.39 is 23.3 Å². The molecule has 2 N–H and O–H groups in total. The average Bonchev–Trinajstić information content (AvgIpc) is 2.90. The van der Waals surface area contributed by atoms with Crippen molar-refractivity contribution in [1.29, 1.82) is 0 Å². The fraction of sp³-hybridized carbons (Fsp3) is 0.241. The van der Waals surface area contributed by atoms with Crippen LogP contribution in [0.15, 0.2) is 66.2 Å². The highest BCUT2D eigenvalue weighted by Crippen LogP contribution is 2.30. The number of hydrogen-bond donors (Lipinski definition) is 2. The number of aryl methyl sites for hydroxylation is 2. The molecule has 0 aliphatic carbocycles. The molecule has 0 aromatic heterocycles. The summed E-state index contributed by atoms with van der Waals surface area (Å²) in [5.74, 6) is -0.541. The van der Waals surface area contributed by atoms with Crippen LogP contribution >= 0.6 is 0 Å². The molecule has 0 bridgehead atoms. The summed E-state index contributed by atoms with van der Waals surface area (Å²) in [4.78, 5) is 26.3. The van der Waals surface area contributed by atoms with Crippen LogP contribution in [0.2, 0.25) is 0 Å². The lowest BCUT2D eigenvalue weighted by Gasteiger charge is -2.10. The highest BCUT2D eigenvalue weighted by atomic mass is 19.4. The second-order valence-corrected chi connectivity index (χ2v) is 8.54. The van der Waals surface area contributed by atoms with Crippen LogP contribution in [0.5, 0.6) is 23.0 Å². The molecule has 0 saturated heterocycles. The van der Waals surface area contributed by atoms with Gasteiger partial charge < -0.3 is 19.7 Å². The summed E-state index contributed by atoms with van der Waals surface area (Å²) in [7, 11) is 2.80. The summed E-state index contributed by atoms with van der Waals surface area (Å²) >= 11 is 0. The van der Waals surface area contributed by atoms with Gasteiger partial charge in [0.15, 0.2) is 34.6 Å². The third-order valence-electron chi connectivity index (χ3n) is 5.92. The largest absolute Gasteiger partial charge is 0.504 e. The Kier molecular flexibility index (Phi) is 9.17. The van der Waals surface area contributed by atoms with Crippen molar-refractivity contribution in [3.8, 4) is 23.0 Å². The minimum Gasteiger partial charge on any atom is -0.504 e. The number of aromatic hydroxyl groups is 2. The van der Waals surface area contributed by atoms with E-state index >= 15 is 0 Å². The monoisotopic (exact) mass is 528 g/mol. The number of phenolic OH excluding ortho intramolecular Hbond substituents is 2. The summed E-state index contributed by atoms with van der Waals surface area (Å²) in [5.41, 5.74) is 0.723. The maximum atomic E-state index is 13.2. The molecule has 0 aliphatic rings. The van der Waals surface area contributed by atoms with Crippen molar-refractivity contribution in [1.82, 2.24) is 0 Å². The van der Waals surface area contributed by atoms with E-state index in [-0.39, 0.29) is 59.8 Å². The van der Waals surface area contributed by atoms with E-state index in [2.05, 4.69) is 0 Å². The number of phenols is 2. The Balaban J connectivity index is 1.83. The minimum absolute atomic E-state index is 0.0425. The zero-order chi connectivity index (χ0) is 27.9. The van der Waals surface area contributed by atoms with Crippen molar-refractivity contribution in [2.45, 2.75) is 31.9 Å². The number of allylic oxidation sites excluding steroid dienone is 1. The molecule has 6 nitrogen and oxygen atoms in total. The van der Waals surface area contributed by atoms with Gasteiger partial charge in [0.25, 0.3) is 0 Å². The summed E-state index contributed by atoms with van der Waals surface area (Å²) in [5, 5.41) is 19.5. The quantitative estimate of drug-likeness (QED) is 0.182. The number of methoxy groups -OCH3 is 2. The second-order valence-electron chi connectivity index (χ2n) is 8.54. The highest BCUT2D eigenvalue weighted by molar-refractivity contribution is 6.23. The lowest BCUT2D eigenvalue weighted by atomic mass is 9.94. The molecule has 38 heavy (non-hydrogen) atoms. The molecule has 3 aromatic rings. The van der Waals surface area contributed by atoms with Crippen molar-refractivity contribution in [2.75, 3.05) is 14.2 Å². The van der Waals surface area contributed by atoms with Crippen LogP contribution in [0, 0.1) is 0 Å². The maximum absolute atomic E-state index is 13.2. The Bertz CT molecular complexity index is 1260. The Hall–Kier alpha value is -4.27. The smallest absolute Gasteiger partial charge is 0.416 e. The Morgan fingerprint density at radius 2 is 1.21 bits per heavy atom. The van der Waals surface area contributed by atoms with E-state index in [1.807, 2.05) is 0 Å². The molecule has 0 spiro atoms. The normalized spacial score (nSPS) is 11.1. The number of ether oxygens (including phenoxy) is 2. The number of rotatable bonds is 11. The van der Waals surface area contributed by atoms with Crippen LogP contribution in [0.4, 0.5) is 13.2 Å². The van der Waals surface area contributed by atoms with Crippen molar-refractivity contribution in [3.05, 3.63) is 88.5 Å². The van der Waals surface area contributed by atoms with Crippen molar-refractivity contribution < 1.29 is 42.4 Å². The first-order valence-electron chi connectivity index (χ1n) is 11.7. The molecule has 0 heterocycles. The topological polar surface area (TPSA) is 93.1 Å². The summed E-state index contributed by atoms with van der Waals surface area (Å²) in [6, 6.07) is 13.5. The number of halogens is 3. The first-order valence-corrected chi connectivity index (χ1v) is 11.7. The van der Waals surface area contributed by atoms with Gasteiger partial charge in [0.05, 0.1) is 25.4 Å². The van der Waals surface area contributed by atoms with Gasteiger partial charge in [-0.3, -0.25) is 9.59 Å². The molecule has 9 heteroatoms. The zero-order valence-electron chi connectivity index (χ0n) is 20.8. The van der Waals surface area contributed by atoms with Crippen molar-refractivity contribution in [2.24, 2.45) is 0 Å². The molecule has 0 saturated carbocycles. The third-order valence-corrected chi connectivity index (χ3v) is 5.92. The van der Waals surface area contributed by atoms with E-state index in [0.717, 1.165) is 12.1 Å². The summed E-state index contributed by atoms with van der Waals surface area (Å²) in [6.07, 6.45) is -2.78. The predicted octanol–water partition coefficient (Wildman–Crippen LogP) is 5.92. The van der Waals surface area contributed by atoms with Crippen molar-refractivity contribution in [3.63, 3.8) is 0 Å². The van der Waals surface area contributed by atoms with Gasteiger partial charge in [0.1, 0.15) is 0 Å². The van der Waals surface area contributed by atoms with E-state index in [9.17, 15) is 33.0 Å².